The summed E-state index contributed by atoms with van der Waals surface area (Å²) in [7, 11) is -3.54. The predicted octanol–water partition coefficient (Wildman–Crippen LogP) is 5.11. The van der Waals surface area contributed by atoms with Gasteiger partial charge in [-0.25, -0.2) is 8.42 Å². The summed E-state index contributed by atoms with van der Waals surface area (Å²) in [4.78, 5) is 2.61. The van der Waals surface area contributed by atoms with Crippen molar-refractivity contribution >= 4 is 10.0 Å². The van der Waals surface area contributed by atoms with E-state index < -0.39 is 16.3 Å². The van der Waals surface area contributed by atoms with Crippen molar-refractivity contribution in [2.45, 2.75) is 141 Å². The Labute approximate surface area is 255 Å². The third-order valence-corrected chi connectivity index (χ3v) is 11.7. The minimum Gasteiger partial charge on any atom is -0.371 e. The molecular formula is C33H56N4O4S. The van der Waals surface area contributed by atoms with Gasteiger partial charge in [-0.3, -0.25) is 15.5 Å². The zero-order chi connectivity index (χ0) is 30.3. The Kier molecular flexibility index (Phi) is 9.80. The zero-order valence-corrected chi connectivity index (χ0v) is 27.9. The number of hydrogen-bond acceptors (Lipinski definition) is 7. The molecule has 8 nitrogen and oxygen atoms in total. The molecule has 1 aromatic carbocycles. The highest BCUT2D eigenvalue weighted by Crippen LogP contribution is 2.35. The fourth-order valence-electron chi connectivity index (χ4n) is 7.90. The van der Waals surface area contributed by atoms with Crippen LogP contribution in [-0.4, -0.2) is 68.5 Å². The van der Waals surface area contributed by atoms with Gasteiger partial charge in [-0.05, 0) is 94.2 Å². The lowest BCUT2D eigenvalue weighted by molar-refractivity contribution is -0.0690. The van der Waals surface area contributed by atoms with Gasteiger partial charge in [0.2, 0.25) is 10.0 Å². The van der Waals surface area contributed by atoms with Crippen LogP contribution in [0.4, 0.5) is 0 Å². The van der Waals surface area contributed by atoms with Gasteiger partial charge in [-0.1, -0.05) is 45.4 Å². The van der Waals surface area contributed by atoms with Crippen molar-refractivity contribution in [1.82, 2.24) is 20.3 Å². The first-order valence-electron chi connectivity index (χ1n) is 16.3. The molecule has 0 amide bonds. The maximum atomic E-state index is 13.8. The molecule has 9 heteroatoms. The van der Waals surface area contributed by atoms with Gasteiger partial charge >= 0.3 is 0 Å². The highest BCUT2D eigenvalue weighted by molar-refractivity contribution is 7.90. The number of rotatable bonds is 4. The number of fused-ring (bicyclic) bond motifs is 4. The third kappa shape index (κ3) is 8.14. The van der Waals surface area contributed by atoms with Crippen LogP contribution in [0.25, 0.3) is 0 Å². The largest absolute Gasteiger partial charge is 0.371 e. The minimum absolute atomic E-state index is 0.0272. The molecule has 4 bridgehead atoms. The molecule has 0 aromatic heterocycles. The summed E-state index contributed by atoms with van der Waals surface area (Å²) in [6.07, 6.45) is 6.59. The Balaban J connectivity index is 1.47. The van der Waals surface area contributed by atoms with Crippen LogP contribution in [0.2, 0.25) is 0 Å². The lowest BCUT2D eigenvalue weighted by Gasteiger charge is -2.41. The molecule has 1 saturated carbocycles. The molecule has 3 saturated heterocycles. The number of nitrogens with zero attached hydrogens (tertiary/aromatic N) is 1. The molecule has 4 aliphatic rings. The molecular weight excluding hydrogens is 548 g/mol. The number of ether oxygens (including phenoxy) is 2. The monoisotopic (exact) mass is 604 g/mol. The molecule has 3 aliphatic heterocycles. The fraction of sp³-hybridized carbons (Fsp3) is 0.818. The summed E-state index contributed by atoms with van der Waals surface area (Å²) in [6, 6.07) is 6.54. The fourth-order valence-corrected chi connectivity index (χ4v) is 9.56. The van der Waals surface area contributed by atoms with Gasteiger partial charge in [0.15, 0.2) is 0 Å². The smallest absolute Gasteiger partial charge is 0.216 e. The van der Waals surface area contributed by atoms with Crippen LogP contribution in [0.3, 0.4) is 0 Å². The van der Waals surface area contributed by atoms with E-state index in [2.05, 4.69) is 86.9 Å². The van der Waals surface area contributed by atoms with Crippen LogP contribution < -0.4 is 15.4 Å². The average molecular weight is 605 g/mol. The second kappa shape index (κ2) is 12.7. The Morgan fingerprint density at radius 2 is 1.79 bits per heavy atom. The number of aryl methyl sites for hydroxylation is 2. The quantitative estimate of drug-likeness (QED) is 0.440. The average Bonchev–Trinajstić information content (AvgIpc) is 3.23. The van der Waals surface area contributed by atoms with Crippen LogP contribution in [0.1, 0.15) is 109 Å². The van der Waals surface area contributed by atoms with Gasteiger partial charge in [0.1, 0.15) is 12.5 Å². The van der Waals surface area contributed by atoms with Crippen LogP contribution >= 0.6 is 0 Å². The minimum atomic E-state index is -3.54. The van der Waals surface area contributed by atoms with Gasteiger partial charge in [0, 0.05) is 31.6 Å². The zero-order valence-electron chi connectivity index (χ0n) is 27.0. The maximum absolute atomic E-state index is 13.8. The van der Waals surface area contributed by atoms with E-state index in [1.165, 1.54) is 16.7 Å². The van der Waals surface area contributed by atoms with E-state index in [1.807, 2.05) is 0 Å². The van der Waals surface area contributed by atoms with Crippen molar-refractivity contribution in [3.63, 3.8) is 0 Å². The molecule has 3 N–H and O–H groups in total. The van der Waals surface area contributed by atoms with E-state index in [1.54, 1.807) is 0 Å². The molecule has 238 valence electrons. The number of sulfonamides is 1. The molecule has 4 fully saturated rings. The molecule has 0 spiro atoms. The second-order valence-electron chi connectivity index (χ2n) is 15.4. The van der Waals surface area contributed by atoms with E-state index in [-0.39, 0.29) is 40.7 Å². The van der Waals surface area contributed by atoms with Crippen LogP contribution in [0, 0.1) is 25.2 Å². The SMILES string of the molecule is Cc1cccc(C)c1C1CC2NC(N1)NS(=O)(=O)C1CCCC(C1)CN(CC1CCC(C)(C)O1)[C@H](CC(C)(C)C)CO2. The normalized spacial score (nSPS) is 36.0. The van der Waals surface area contributed by atoms with Crippen molar-refractivity contribution < 1.29 is 17.9 Å². The van der Waals surface area contributed by atoms with Gasteiger partial charge < -0.3 is 9.47 Å². The number of nitrogens with one attached hydrogen (secondary N) is 3. The van der Waals surface area contributed by atoms with Crippen molar-refractivity contribution in [2.24, 2.45) is 11.3 Å². The Bertz CT molecular complexity index is 1160. The first-order chi connectivity index (χ1) is 19.7. The van der Waals surface area contributed by atoms with Gasteiger partial charge in [-0.15, -0.1) is 0 Å². The molecule has 1 aromatic rings. The first kappa shape index (κ1) is 32.3. The molecule has 6 unspecified atom stereocenters. The summed E-state index contributed by atoms with van der Waals surface area (Å²) in [5.74, 6) is 0.334. The van der Waals surface area contributed by atoms with E-state index in [4.69, 9.17) is 9.47 Å². The van der Waals surface area contributed by atoms with Crippen LogP contribution in [0.5, 0.6) is 0 Å². The summed E-state index contributed by atoms with van der Waals surface area (Å²) < 4.78 is 43.9. The van der Waals surface area contributed by atoms with Crippen LogP contribution in [0.15, 0.2) is 18.2 Å². The predicted molar refractivity (Wildman–Crippen MR) is 168 cm³/mol. The Morgan fingerprint density at radius 1 is 1.05 bits per heavy atom. The van der Waals surface area contributed by atoms with Gasteiger partial charge in [0.25, 0.3) is 0 Å². The second-order valence-corrected chi connectivity index (χ2v) is 17.4. The molecule has 5 rings (SSSR count). The van der Waals surface area contributed by atoms with E-state index >= 15 is 0 Å². The van der Waals surface area contributed by atoms with E-state index in [9.17, 15) is 8.42 Å². The van der Waals surface area contributed by atoms with Crippen molar-refractivity contribution in [3.8, 4) is 0 Å². The van der Waals surface area contributed by atoms with Crippen LogP contribution in [-0.2, 0) is 19.5 Å². The topological polar surface area (TPSA) is 91.9 Å². The summed E-state index contributed by atoms with van der Waals surface area (Å²) in [5, 5.41) is 6.68. The summed E-state index contributed by atoms with van der Waals surface area (Å²) in [6.45, 7) is 17.9. The summed E-state index contributed by atoms with van der Waals surface area (Å²) >= 11 is 0. The Morgan fingerprint density at radius 3 is 2.45 bits per heavy atom. The highest BCUT2D eigenvalue weighted by atomic mass is 32.2. The lowest BCUT2D eigenvalue weighted by atomic mass is 9.85. The van der Waals surface area contributed by atoms with Gasteiger partial charge in [-0.2, -0.15) is 4.72 Å². The standard InChI is InChI=1S/C33H56N4O4S/c1-22-10-8-11-23(2)30(22)28-17-29-35-31(34-28)36-42(38,39)27-13-9-12-24(16-27)19-37(20-26-14-15-33(6,7)41-26)25(21-40-29)18-32(3,4)5/h8,10-11,24-29,31,34-36H,9,12-21H2,1-7H3/t24?,25-,26?,27?,28?,29?,31?/m1/s1. The van der Waals surface area contributed by atoms with Crippen molar-refractivity contribution in [3.05, 3.63) is 34.9 Å². The number of hydrogen-bond donors (Lipinski definition) is 3. The van der Waals surface area contributed by atoms with E-state index in [0.717, 1.165) is 51.6 Å². The molecule has 7 atom stereocenters. The van der Waals surface area contributed by atoms with E-state index in [0.29, 0.717) is 25.4 Å². The number of benzene rings is 1. The molecule has 3 heterocycles. The van der Waals surface area contributed by atoms with Crippen molar-refractivity contribution in [1.29, 1.82) is 0 Å². The first-order valence-corrected chi connectivity index (χ1v) is 17.8. The Hall–Kier alpha value is -1.07. The summed E-state index contributed by atoms with van der Waals surface area (Å²) in [5.41, 5.74) is 3.68. The molecule has 0 radical (unpaired) electrons. The third-order valence-electron chi connectivity index (χ3n) is 9.86. The van der Waals surface area contributed by atoms with Gasteiger partial charge in [0.05, 0.1) is 23.6 Å². The molecule has 1 aliphatic carbocycles. The maximum Gasteiger partial charge on any atom is 0.216 e. The molecule has 42 heavy (non-hydrogen) atoms. The van der Waals surface area contributed by atoms with Crippen molar-refractivity contribution in [2.75, 3.05) is 19.7 Å². The lowest BCUT2D eigenvalue weighted by Crippen LogP contribution is -2.64. The highest BCUT2D eigenvalue weighted by Gasteiger charge is 2.41.